The highest BCUT2D eigenvalue weighted by Crippen LogP contribution is 2.43. The van der Waals surface area contributed by atoms with E-state index in [2.05, 4.69) is 17.1 Å². The summed E-state index contributed by atoms with van der Waals surface area (Å²) in [5.74, 6) is -1.33. The van der Waals surface area contributed by atoms with Gasteiger partial charge in [-0.3, -0.25) is 0 Å². The molecule has 30 heavy (non-hydrogen) atoms. The van der Waals surface area contributed by atoms with Crippen LogP contribution in [0.2, 0.25) is 5.02 Å². The van der Waals surface area contributed by atoms with E-state index in [4.69, 9.17) is 31.4 Å². The lowest BCUT2D eigenvalue weighted by molar-refractivity contribution is -0.159. The average molecular weight is 457 g/mol. The van der Waals surface area contributed by atoms with Gasteiger partial charge >= 0.3 is 11.9 Å². The summed E-state index contributed by atoms with van der Waals surface area (Å²) in [5, 5.41) is 15.3. The molecule has 164 valence electrons. The molecule has 1 aliphatic heterocycles. The van der Waals surface area contributed by atoms with E-state index < -0.39 is 22.0 Å². The minimum atomic E-state index is -3.40. The summed E-state index contributed by atoms with van der Waals surface area (Å²) in [7, 11) is -3.40. The summed E-state index contributed by atoms with van der Waals surface area (Å²) >= 11 is 5.85. The Bertz CT molecular complexity index is 898. The monoisotopic (exact) mass is 456 g/mol. The first-order chi connectivity index (χ1) is 14.2. The second-order valence-corrected chi connectivity index (χ2v) is 10.2. The van der Waals surface area contributed by atoms with Crippen LogP contribution in [0.1, 0.15) is 12.8 Å². The van der Waals surface area contributed by atoms with E-state index in [1.165, 1.54) is 12.8 Å². The Hall–Kier alpha value is -1.94. The van der Waals surface area contributed by atoms with Gasteiger partial charge in [0, 0.05) is 37.7 Å². The molecular formula is C20H25ClN2O6S. The number of fused-ring (bicyclic) bond motifs is 2. The van der Waals surface area contributed by atoms with E-state index in [1.807, 2.05) is 0 Å². The van der Waals surface area contributed by atoms with Crippen LogP contribution in [0.25, 0.3) is 0 Å². The van der Waals surface area contributed by atoms with Crippen LogP contribution in [0.4, 0.5) is 0 Å². The first kappa shape index (κ1) is 22.7. The van der Waals surface area contributed by atoms with E-state index in [-0.39, 0.29) is 0 Å². The van der Waals surface area contributed by atoms with Crippen molar-refractivity contribution in [2.24, 2.45) is 17.8 Å². The maximum Gasteiger partial charge on any atom is 0.414 e. The number of allylic oxidation sites excluding steroid dienone is 2. The van der Waals surface area contributed by atoms with Gasteiger partial charge in [0.2, 0.25) is 10.0 Å². The molecule has 0 aromatic heterocycles. The summed E-state index contributed by atoms with van der Waals surface area (Å²) in [6.45, 7) is 3.90. The number of sulfonamides is 1. The fraction of sp³-hybridized carbons (Fsp3) is 0.500. The second-order valence-electron chi connectivity index (χ2n) is 7.81. The third-order valence-electron chi connectivity index (χ3n) is 5.87. The summed E-state index contributed by atoms with van der Waals surface area (Å²) in [6, 6.07) is 6.44. The van der Waals surface area contributed by atoms with Gasteiger partial charge in [-0.15, -0.1) is 0 Å². The molecule has 10 heteroatoms. The molecule has 2 aliphatic carbocycles. The molecule has 0 radical (unpaired) electrons. The van der Waals surface area contributed by atoms with Gasteiger partial charge in [-0.25, -0.2) is 18.0 Å². The SMILES string of the molecule is O=C(O)C(=O)O.O=S(=O)(c1ccc(Cl)cc1)N1CCN(CC2CC3C=CC2C3)CC1. The zero-order valence-electron chi connectivity index (χ0n) is 16.4. The third-order valence-corrected chi connectivity index (χ3v) is 8.04. The Balaban J connectivity index is 0.000000377. The predicted molar refractivity (Wildman–Crippen MR) is 111 cm³/mol. The number of nitrogens with zero attached hydrogens (tertiary/aromatic N) is 2. The maximum atomic E-state index is 12.7. The zero-order chi connectivity index (χ0) is 21.9. The molecule has 1 saturated heterocycles. The predicted octanol–water partition coefficient (Wildman–Crippen LogP) is 2.01. The van der Waals surface area contributed by atoms with Crippen LogP contribution in [-0.4, -0.2) is 72.5 Å². The number of halogens is 1. The largest absolute Gasteiger partial charge is 0.473 e. The minimum Gasteiger partial charge on any atom is -0.473 e. The van der Waals surface area contributed by atoms with Crippen molar-refractivity contribution in [3.63, 3.8) is 0 Å². The van der Waals surface area contributed by atoms with Crippen molar-refractivity contribution in [2.45, 2.75) is 17.7 Å². The number of carboxylic acids is 2. The van der Waals surface area contributed by atoms with Crippen LogP contribution in [0.15, 0.2) is 41.3 Å². The van der Waals surface area contributed by atoms with Crippen molar-refractivity contribution in [3.8, 4) is 0 Å². The van der Waals surface area contributed by atoms with Crippen molar-refractivity contribution < 1.29 is 28.2 Å². The fourth-order valence-corrected chi connectivity index (χ4v) is 5.89. The molecule has 1 aromatic carbocycles. The Kier molecular flexibility index (Phi) is 7.18. The lowest BCUT2D eigenvalue weighted by Gasteiger charge is -2.36. The second kappa shape index (κ2) is 9.47. The number of rotatable bonds is 4. The third kappa shape index (κ3) is 5.40. The van der Waals surface area contributed by atoms with Crippen molar-refractivity contribution in [1.82, 2.24) is 9.21 Å². The van der Waals surface area contributed by atoms with Crippen molar-refractivity contribution in [2.75, 3.05) is 32.7 Å². The molecule has 2 fully saturated rings. The molecular weight excluding hydrogens is 432 g/mol. The molecule has 1 aromatic rings. The maximum absolute atomic E-state index is 12.7. The van der Waals surface area contributed by atoms with E-state index in [0.717, 1.165) is 37.4 Å². The topological polar surface area (TPSA) is 115 Å². The highest BCUT2D eigenvalue weighted by Gasteiger charge is 2.37. The summed E-state index contributed by atoms with van der Waals surface area (Å²) < 4.78 is 27.0. The van der Waals surface area contributed by atoms with Crippen LogP contribution in [0, 0.1) is 17.8 Å². The first-order valence-corrected chi connectivity index (χ1v) is 11.6. The smallest absolute Gasteiger partial charge is 0.414 e. The average Bonchev–Trinajstić information content (AvgIpc) is 3.32. The standard InChI is InChI=1S/C18H23ClN2O2S.C2H2O4/c19-17-3-5-18(6-4-17)24(22,23)21-9-7-20(8-10-21)13-16-12-14-1-2-15(16)11-14;3-1(4)2(5)6/h1-6,14-16H,7-13H2;(H,3,4)(H,5,6). The number of benzene rings is 1. The molecule has 1 saturated carbocycles. The molecule has 0 spiro atoms. The highest BCUT2D eigenvalue weighted by molar-refractivity contribution is 7.89. The van der Waals surface area contributed by atoms with E-state index >= 15 is 0 Å². The number of piperazine rings is 1. The number of aliphatic carboxylic acids is 2. The summed E-state index contributed by atoms with van der Waals surface area (Å²) in [5.41, 5.74) is 0. The number of carboxylic acid groups (broad SMARTS) is 2. The summed E-state index contributed by atoms with van der Waals surface area (Å²) in [6.07, 6.45) is 7.40. The van der Waals surface area contributed by atoms with Gasteiger partial charge in [0.25, 0.3) is 0 Å². The number of hydrogen-bond donors (Lipinski definition) is 2. The van der Waals surface area contributed by atoms with Crippen molar-refractivity contribution >= 4 is 33.6 Å². The molecule has 8 nitrogen and oxygen atoms in total. The lowest BCUT2D eigenvalue weighted by atomic mass is 9.93. The number of hydrogen-bond acceptors (Lipinski definition) is 5. The van der Waals surface area contributed by atoms with Gasteiger partial charge < -0.3 is 15.1 Å². The molecule has 0 amide bonds. The molecule has 3 atom stereocenters. The summed E-state index contributed by atoms with van der Waals surface area (Å²) in [4.78, 5) is 21.0. The molecule has 3 unspecified atom stereocenters. The zero-order valence-corrected chi connectivity index (χ0v) is 17.9. The Labute approximate surface area is 180 Å². The fourth-order valence-electron chi connectivity index (χ4n) is 4.34. The van der Waals surface area contributed by atoms with Crippen molar-refractivity contribution in [1.29, 1.82) is 0 Å². The quantitative estimate of drug-likeness (QED) is 0.526. The normalized spacial score (nSPS) is 26.2. The Morgan fingerprint density at radius 3 is 2.03 bits per heavy atom. The first-order valence-electron chi connectivity index (χ1n) is 9.79. The van der Waals surface area contributed by atoms with Crippen LogP contribution < -0.4 is 0 Å². The van der Waals surface area contributed by atoms with E-state index in [9.17, 15) is 8.42 Å². The van der Waals surface area contributed by atoms with Gasteiger partial charge in [0.1, 0.15) is 0 Å². The molecule has 2 N–H and O–H groups in total. The van der Waals surface area contributed by atoms with E-state index in [1.54, 1.807) is 28.6 Å². The van der Waals surface area contributed by atoms with Crippen LogP contribution in [0.3, 0.4) is 0 Å². The molecule has 1 heterocycles. The molecule has 2 bridgehead atoms. The van der Waals surface area contributed by atoms with E-state index in [0.29, 0.717) is 23.0 Å². The van der Waals surface area contributed by atoms with Crippen LogP contribution in [0.5, 0.6) is 0 Å². The van der Waals surface area contributed by atoms with Gasteiger partial charge in [0.15, 0.2) is 0 Å². The van der Waals surface area contributed by atoms with Gasteiger partial charge in [-0.05, 0) is 54.9 Å². The van der Waals surface area contributed by atoms with Crippen LogP contribution in [-0.2, 0) is 19.6 Å². The highest BCUT2D eigenvalue weighted by atomic mass is 35.5. The Morgan fingerprint density at radius 1 is 0.967 bits per heavy atom. The number of carbonyl (C=O) groups is 2. The molecule has 4 rings (SSSR count). The van der Waals surface area contributed by atoms with Gasteiger partial charge in [0.05, 0.1) is 4.90 Å². The minimum absolute atomic E-state index is 0.332. The van der Waals surface area contributed by atoms with Gasteiger partial charge in [-0.1, -0.05) is 23.8 Å². The van der Waals surface area contributed by atoms with Crippen LogP contribution >= 0.6 is 11.6 Å². The molecule has 3 aliphatic rings. The lowest BCUT2D eigenvalue weighted by Crippen LogP contribution is -2.49. The Morgan fingerprint density at radius 2 is 1.57 bits per heavy atom. The van der Waals surface area contributed by atoms with Gasteiger partial charge in [-0.2, -0.15) is 4.31 Å². The van der Waals surface area contributed by atoms with Crippen molar-refractivity contribution in [3.05, 3.63) is 41.4 Å².